The highest BCUT2D eigenvalue weighted by Gasteiger charge is 2.19. The van der Waals surface area contributed by atoms with E-state index in [-0.39, 0.29) is 23.0 Å². The molecule has 27 heavy (non-hydrogen) atoms. The van der Waals surface area contributed by atoms with Gasteiger partial charge in [-0.3, -0.25) is 4.79 Å². The number of anilines is 1. The summed E-state index contributed by atoms with van der Waals surface area (Å²) in [5.74, 6) is -0.954. The van der Waals surface area contributed by atoms with Crippen LogP contribution in [0.4, 0.5) is 10.5 Å². The predicted molar refractivity (Wildman–Crippen MR) is 95.7 cm³/mol. The maximum absolute atomic E-state index is 11.4. The van der Waals surface area contributed by atoms with Crippen LogP contribution in [0.25, 0.3) is 10.9 Å². The molecule has 0 aliphatic rings. The van der Waals surface area contributed by atoms with Crippen molar-refractivity contribution in [3.63, 3.8) is 0 Å². The van der Waals surface area contributed by atoms with Crippen molar-refractivity contribution in [1.82, 2.24) is 9.55 Å². The molecule has 9 heteroatoms. The first-order valence-electron chi connectivity index (χ1n) is 7.78. The van der Waals surface area contributed by atoms with Gasteiger partial charge in [0, 0.05) is 31.5 Å². The zero-order valence-corrected chi connectivity index (χ0v) is 14.4. The van der Waals surface area contributed by atoms with E-state index in [1.165, 1.54) is 30.2 Å². The zero-order valence-electron chi connectivity index (χ0n) is 14.4. The first-order valence-corrected chi connectivity index (χ1v) is 7.78. The third-order valence-electron chi connectivity index (χ3n) is 3.99. The summed E-state index contributed by atoms with van der Waals surface area (Å²) < 4.78 is 6.30. The van der Waals surface area contributed by atoms with Gasteiger partial charge in [-0.25, -0.2) is 19.1 Å². The summed E-state index contributed by atoms with van der Waals surface area (Å²) in [4.78, 5) is 39.6. The molecule has 2 aromatic heterocycles. The van der Waals surface area contributed by atoms with Crippen LogP contribution in [0.15, 0.2) is 42.6 Å². The normalized spacial score (nSPS) is 10.6. The molecular weight excluding hydrogens is 354 g/mol. The van der Waals surface area contributed by atoms with E-state index in [1.54, 1.807) is 31.3 Å². The fourth-order valence-electron chi connectivity index (χ4n) is 2.54. The number of carbonyl (C=O) groups excluding carboxylic acids is 1. The zero-order chi connectivity index (χ0) is 19.7. The summed E-state index contributed by atoms with van der Waals surface area (Å²) in [6.45, 7) is 1.43. The maximum Gasteiger partial charge on any atom is 0.416 e. The number of pyridine rings is 1. The standard InChI is InChI=1S/C18H15N3O6/c1-10(22)20(2)12-4-6-16(19-9-12)27-13-5-3-11-7-15(17(23)24)21(18(25)26)14(11)8-13/h3-9H,1-2H3,(H,23,24)(H,25,26). The van der Waals surface area contributed by atoms with Gasteiger partial charge in [0.15, 0.2) is 0 Å². The molecule has 0 saturated carbocycles. The SMILES string of the molecule is CC(=O)N(C)c1ccc(Oc2ccc3cc(C(=O)O)n(C(=O)O)c3c2)nc1. The minimum absolute atomic E-state index is 0.139. The highest BCUT2D eigenvalue weighted by atomic mass is 16.5. The third kappa shape index (κ3) is 3.43. The lowest BCUT2D eigenvalue weighted by atomic mass is 10.2. The third-order valence-corrected chi connectivity index (χ3v) is 3.99. The van der Waals surface area contributed by atoms with Crippen molar-refractivity contribution in [2.24, 2.45) is 0 Å². The summed E-state index contributed by atoms with van der Waals surface area (Å²) in [5, 5.41) is 19.0. The summed E-state index contributed by atoms with van der Waals surface area (Å²) >= 11 is 0. The van der Waals surface area contributed by atoms with Gasteiger partial charge in [-0.1, -0.05) is 0 Å². The van der Waals surface area contributed by atoms with E-state index in [2.05, 4.69) is 4.98 Å². The average Bonchev–Trinajstić information content (AvgIpc) is 3.01. The Labute approximate surface area is 153 Å². The number of hydrogen-bond acceptors (Lipinski definition) is 5. The second kappa shape index (κ2) is 6.79. The molecule has 138 valence electrons. The Kier molecular flexibility index (Phi) is 4.51. The van der Waals surface area contributed by atoms with E-state index in [0.29, 0.717) is 21.4 Å². The second-order valence-electron chi connectivity index (χ2n) is 5.71. The van der Waals surface area contributed by atoms with Gasteiger partial charge in [0.25, 0.3) is 0 Å². The number of fused-ring (bicyclic) bond motifs is 1. The number of aromatic carboxylic acids is 1. The molecule has 0 fully saturated rings. The Bertz CT molecular complexity index is 1050. The van der Waals surface area contributed by atoms with E-state index >= 15 is 0 Å². The van der Waals surface area contributed by atoms with Crippen LogP contribution < -0.4 is 9.64 Å². The number of rotatable bonds is 4. The molecule has 0 spiro atoms. The van der Waals surface area contributed by atoms with Crippen LogP contribution in [0.5, 0.6) is 11.6 Å². The van der Waals surface area contributed by atoms with Crippen molar-refractivity contribution in [1.29, 1.82) is 0 Å². The first-order chi connectivity index (χ1) is 12.8. The number of benzene rings is 1. The molecule has 9 nitrogen and oxygen atoms in total. The molecule has 2 N–H and O–H groups in total. The molecule has 0 radical (unpaired) electrons. The number of amides is 1. The van der Waals surface area contributed by atoms with Gasteiger partial charge < -0.3 is 19.8 Å². The molecule has 0 saturated heterocycles. The lowest BCUT2D eigenvalue weighted by Gasteiger charge is -2.14. The van der Waals surface area contributed by atoms with Crippen molar-refractivity contribution in [2.75, 3.05) is 11.9 Å². The number of carbonyl (C=O) groups is 3. The molecule has 2 heterocycles. The van der Waals surface area contributed by atoms with Crippen LogP contribution in [-0.4, -0.2) is 44.8 Å². The Morgan fingerprint density at radius 2 is 1.85 bits per heavy atom. The second-order valence-corrected chi connectivity index (χ2v) is 5.71. The van der Waals surface area contributed by atoms with E-state index in [0.717, 1.165) is 0 Å². The van der Waals surface area contributed by atoms with Gasteiger partial charge in [-0.2, -0.15) is 0 Å². The molecule has 0 aliphatic carbocycles. The number of hydrogen-bond donors (Lipinski definition) is 2. The van der Waals surface area contributed by atoms with E-state index < -0.39 is 12.1 Å². The average molecular weight is 369 g/mol. The van der Waals surface area contributed by atoms with Gasteiger partial charge in [-0.15, -0.1) is 0 Å². The molecule has 0 bridgehead atoms. The van der Waals surface area contributed by atoms with Gasteiger partial charge in [0.1, 0.15) is 11.4 Å². The van der Waals surface area contributed by atoms with Crippen molar-refractivity contribution < 1.29 is 29.3 Å². The predicted octanol–water partition coefficient (Wildman–Crippen LogP) is 3.04. The Balaban J connectivity index is 1.94. The van der Waals surface area contributed by atoms with Crippen molar-refractivity contribution in [3.8, 4) is 11.6 Å². The lowest BCUT2D eigenvalue weighted by molar-refractivity contribution is -0.116. The topological polar surface area (TPSA) is 122 Å². The molecular formula is C18H15N3O6. The Hall–Kier alpha value is -3.88. The highest BCUT2D eigenvalue weighted by Crippen LogP contribution is 2.28. The summed E-state index contributed by atoms with van der Waals surface area (Å²) in [6.07, 6.45) is 0.0619. The van der Waals surface area contributed by atoms with Crippen LogP contribution in [-0.2, 0) is 4.79 Å². The van der Waals surface area contributed by atoms with Gasteiger partial charge in [0.2, 0.25) is 11.8 Å². The van der Waals surface area contributed by atoms with Gasteiger partial charge >= 0.3 is 12.1 Å². The number of nitrogens with zero attached hydrogens (tertiary/aromatic N) is 3. The van der Waals surface area contributed by atoms with Crippen LogP contribution in [0.3, 0.4) is 0 Å². The van der Waals surface area contributed by atoms with Crippen LogP contribution >= 0.6 is 0 Å². The largest absolute Gasteiger partial charge is 0.477 e. The molecule has 1 amide bonds. The first kappa shape index (κ1) is 17.9. The number of carboxylic acids is 1. The monoisotopic (exact) mass is 369 g/mol. The molecule has 3 rings (SSSR count). The Morgan fingerprint density at radius 1 is 1.11 bits per heavy atom. The Morgan fingerprint density at radius 3 is 2.41 bits per heavy atom. The van der Waals surface area contributed by atoms with E-state index in [1.807, 2.05) is 0 Å². The lowest BCUT2D eigenvalue weighted by Crippen LogP contribution is -2.22. The molecule has 0 aliphatic heterocycles. The van der Waals surface area contributed by atoms with Gasteiger partial charge in [0.05, 0.1) is 17.4 Å². The van der Waals surface area contributed by atoms with Crippen molar-refractivity contribution >= 4 is 34.6 Å². The van der Waals surface area contributed by atoms with Crippen molar-refractivity contribution in [3.05, 3.63) is 48.3 Å². The minimum atomic E-state index is -1.41. The maximum atomic E-state index is 11.4. The number of ether oxygens (including phenoxy) is 1. The van der Waals surface area contributed by atoms with E-state index in [4.69, 9.17) is 4.74 Å². The number of carboxylic acid groups (broad SMARTS) is 2. The van der Waals surface area contributed by atoms with Crippen LogP contribution in [0, 0.1) is 0 Å². The van der Waals surface area contributed by atoms with Crippen molar-refractivity contribution in [2.45, 2.75) is 6.92 Å². The highest BCUT2D eigenvalue weighted by molar-refractivity contribution is 6.00. The molecule has 3 aromatic rings. The minimum Gasteiger partial charge on any atom is -0.477 e. The number of aromatic nitrogens is 2. The van der Waals surface area contributed by atoms with E-state index in [9.17, 15) is 24.6 Å². The quantitative estimate of drug-likeness (QED) is 0.725. The van der Waals surface area contributed by atoms with Gasteiger partial charge in [-0.05, 0) is 24.3 Å². The smallest absolute Gasteiger partial charge is 0.416 e. The summed E-state index contributed by atoms with van der Waals surface area (Å²) in [6, 6.07) is 9.07. The molecule has 0 unspecified atom stereocenters. The fraction of sp³-hybridized carbons (Fsp3) is 0.111. The molecule has 1 aromatic carbocycles. The summed E-state index contributed by atoms with van der Waals surface area (Å²) in [7, 11) is 1.62. The molecule has 0 atom stereocenters. The fourth-order valence-corrected chi connectivity index (χ4v) is 2.54. The van der Waals surface area contributed by atoms with Crippen LogP contribution in [0.1, 0.15) is 17.4 Å². The van der Waals surface area contributed by atoms with Crippen LogP contribution in [0.2, 0.25) is 0 Å². The summed E-state index contributed by atoms with van der Waals surface area (Å²) in [5.41, 5.74) is 0.422.